The summed E-state index contributed by atoms with van der Waals surface area (Å²) >= 11 is 0. The average molecular weight is 362 g/mol. The second-order valence-electron chi connectivity index (χ2n) is 7.66. The minimum Gasteiger partial charge on any atom is -0.374 e. The van der Waals surface area contributed by atoms with Crippen LogP contribution in [0, 0.1) is 17.8 Å². The standard InChI is InChI=1S/C21H30O5/c1-7-14(6)18(23)17-19(24)15(10-8-12(2)3)21(26,20(17)25)16(22)11-9-13(4)5/h8-9,14-15,17,26H,7,10-11H2,1-6H3/t14?,15-,17?,21+/m1/s1. The molecule has 1 rings (SSSR count). The molecule has 1 N–H and O–H groups in total. The first-order valence-corrected chi connectivity index (χ1v) is 9.12. The maximum Gasteiger partial charge on any atom is 0.192 e. The maximum atomic E-state index is 12.9. The highest BCUT2D eigenvalue weighted by molar-refractivity contribution is 6.34. The predicted octanol–water partition coefficient (Wildman–Crippen LogP) is 3.00. The minimum atomic E-state index is -2.43. The Labute approximate surface area is 155 Å². The molecule has 0 bridgehead atoms. The Hall–Kier alpha value is -1.88. The Morgan fingerprint density at radius 1 is 1.12 bits per heavy atom. The van der Waals surface area contributed by atoms with E-state index in [1.807, 2.05) is 13.8 Å². The molecule has 0 spiro atoms. The molecule has 0 aromatic heterocycles. The van der Waals surface area contributed by atoms with Gasteiger partial charge in [0.1, 0.15) is 5.92 Å². The molecule has 0 amide bonds. The van der Waals surface area contributed by atoms with E-state index in [2.05, 4.69) is 0 Å². The van der Waals surface area contributed by atoms with Gasteiger partial charge in [-0.3, -0.25) is 19.2 Å². The van der Waals surface area contributed by atoms with E-state index in [4.69, 9.17) is 0 Å². The van der Waals surface area contributed by atoms with Crippen molar-refractivity contribution in [3.63, 3.8) is 0 Å². The summed E-state index contributed by atoms with van der Waals surface area (Å²) in [6.07, 6.45) is 3.73. The molecule has 1 aliphatic rings. The molecule has 4 atom stereocenters. The van der Waals surface area contributed by atoms with Gasteiger partial charge >= 0.3 is 0 Å². The highest BCUT2D eigenvalue weighted by atomic mass is 16.3. The van der Waals surface area contributed by atoms with Crippen LogP contribution in [0.4, 0.5) is 0 Å². The van der Waals surface area contributed by atoms with E-state index in [-0.39, 0.29) is 12.8 Å². The van der Waals surface area contributed by atoms with Gasteiger partial charge in [-0.05, 0) is 40.5 Å². The number of hydrogen-bond donors (Lipinski definition) is 1. The van der Waals surface area contributed by atoms with Crippen molar-refractivity contribution in [2.75, 3.05) is 0 Å². The first-order valence-electron chi connectivity index (χ1n) is 9.12. The molecule has 0 aromatic rings. The summed E-state index contributed by atoms with van der Waals surface area (Å²) in [5.74, 6) is -6.04. The van der Waals surface area contributed by atoms with E-state index >= 15 is 0 Å². The van der Waals surface area contributed by atoms with Crippen molar-refractivity contribution in [3.05, 3.63) is 23.3 Å². The third-order valence-corrected chi connectivity index (χ3v) is 5.04. The fourth-order valence-electron chi connectivity index (χ4n) is 3.11. The fourth-order valence-corrected chi connectivity index (χ4v) is 3.11. The van der Waals surface area contributed by atoms with Crippen molar-refractivity contribution in [3.8, 4) is 0 Å². The molecule has 0 aromatic carbocycles. The van der Waals surface area contributed by atoms with Crippen LogP contribution in [0.25, 0.3) is 0 Å². The zero-order valence-electron chi connectivity index (χ0n) is 16.6. The second kappa shape index (κ2) is 8.67. The van der Waals surface area contributed by atoms with Gasteiger partial charge in [0.25, 0.3) is 0 Å². The topological polar surface area (TPSA) is 88.5 Å². The van der Waals surface area contributed by atoms with Crippen LogP contribution in [0.15, 0.2) is 23.3 Å². The Morgan fingerprint density at radius 3 is 2.12 bits per heavy atom. The Morgan fingerprint density at radius 2 is 1.65 bits per heavy atom. The van der Waals surface area contributed by atoms with Gasteiger partial charge in [-0.25, -0.2) is 0 Å². The monoisotopic (exact) mass is 362 g/mol. The number of carbonyl (C=O) groups excluding carboxylic acids is 4. The number of allylic oxidation sites excluding steroid dienone is 4. The van der Waals surface area contributed by atoms with Crippen LogP contribution in [0.2, 0.25) is 0 Å². The van der Waals surface area contributed by atoms with E-state index in [0.29, 0.717) is 6.42 Å². The summed E-state index contributed by atoms with van der Waals surface area (Å²) in [5, 5.41) is 11.0. The van der Waals surface area contributed by atoms with Gasteiger partial charge in [0.05, 0.1) is 5.92 Å². The molecule has 5 nitrogen and oxygen atoms in total. The molecule has 0 saturated heterocycles. The number of Topliss-reactive ketones (excluding diaryl/α,β-unsaturated/α-hetero) is 4. The molecule has 5 heteroatoms. The average Bonchev–Trinajstić information content (AvgIpc) is 2.76. The summed E-state index contributed by atoms with van der Waals surface area (Å²) in [6, 6.07) is 0. The summed E-state index contributed by atoms with van der Waals surface area (Å²) in [4.78, 5) is 51.0. The Kier molecular flexibility index (Phi) is 7.39. The van der Waals surface area contributed by atoms with Crippen molar-refractivity contribution < 1.29 is 24.3 Å². The molecular weight excluding hydrogens is 332 g/mol. The van der Waals surface area contributed by atoms with Crippen molar-refractivity contribution in [1.29, 1.82) is 0 Å². The lowest BCUT2D eigenvalue weighted by atomic mass is 9.81. The zero-order chi connectivity index (χ0) is 20.2. The maximum absolute atomic E-state index is 12.9. The van der Waals surface area contributed by atoms with Gasteiger partial charge in [0, 0.05) is 12.3 Å². The van der Waals surface area contributed by atoms with E-state index in [1.54, 1.807) is 39.8 Å². The summed E-state index contributed by atoms with van der Waals surface area (Å²) in [6.45, 7) is 10.7. The molecule has 0 aliphatic heterocycles. The quantitative estimate of drug-likeness (QED) is 0.530. The van der Waals surface area contributed by atoms with Gasteiger partial charge < -0.3 is 5.11 Å². The molecule has 1 saturated carbocycles. The second-order valence-corrected chi connectivity index (χ2v) is 7.66. The molecule has 2 unspecified atom stereocenters. The number of carbonyl (C=O) groups is 4. The first kappa shape index (κ1) is 22.2. The normalized spacial score (nSPS) is 26.4. The van der Waals surface area contributed by atoms with Crippen LogP contribution in [-0.4, -0.2) is 33.8 Å². The van der Waals surface area contributed by atoms with Crippen LogP contribution >= 0.6 is 0 Å². The zero-order valence-corrected chi connectivity index (χ0v) is 16.6. The Bertz CT molecular complexity index is 662. The molecule has 0 heterocycles. The van der Waals surface area contributed by atoms with Gasteiger partial charge in [-0.1, -0.05) is 37.1 Å². The van der Waals surface area contributed by atoms with E-state index < -0.39 is 46.5 Å². The molecule has 1 fully saturated rings. The largest absolute Gasteiger partial charge is 0.374 e. The van der Waals surface area contributed by atoms with Crippen molar-refractivity contribution in [2.45, 2.75) is 66.4 Å². The van der Waals surface area contributed by atoms with Gasteiger partial charge in [0.15, 0.2) is 28.7 Å². The minimum absolute atomic E-state index is 0.0637. The highest BCUT2D eigenvalue weighted by Gasteiger charge is 2.64. The smallest absolute Gasteiger partial charge is 0.192 e. The molecule has 26 heavy (non-hydrogen) atoms. The number of aliphatic hydroxyl groups is 1. The van der Waals surface area contributed by atoms with Crippen LogP contribution in [-0.2, 0) is 19.2 Å². The predicted molar refractivity (Wildman–Crippen MR) is 99.5 cm³/mol. The van der Waals surface area contributed by atoms with Crippen molar-refractivity contribution >= 4 is 23.1 Å². The lowest BCUT2D eigenvalue weighted by Crippen LogP contribution is -2.49. The summed E-state index contributed by atoms with van der Waals surface area (Å²) in [7, 11) is 0. The highest BCUT2D eigenvalue weighted by Crippen LogP contribution is 2.39. The lowest BCUT2D eigenvalue weighted by Gasteiger charge is -2.25. The van der Waals surface area contributed by atoms with Crippen LogP contribution in [0.1, 0.15) is 60.8 Å². The molecule has 144 valence electrons. The van der Waals surface area contributed by atoms with Crippen molar-refractivity contribution in [1.82, 2.24) is 0 Å². The number of hydrogen-bond acceptors (Lipinski definition) is 5. The van der Waals surface area contributed by atoms with E-state index in [9.17, 15) is 24.3 Å². The fraction of sp³-hybridized carbons (Fsp3) is 0.619. The number of ketones is 4. The van der Waals surface area contributed by atoms with E-state index in [0.717, 1.165) is 11.1 Å². The van der Waals surface area contributed by atoms with Gasteiger partial charge in [-0.2, -0.15) is 0 Å². The lowest BCUT2D eigenvalue weighted by molar-refractivity contribution is -0.153. The first-order chi connectivity index (χ1) is 12.0. The molecular formula is C21H30O5. The summed E-state index contributed by atoms with van der Waals surface area (Å²) < 4.78 is 0. The molecule has 1 aliphatic carbocycles. The molecule has 0 radical (unpaired) electrons. The number of rotatable bonds is 8. The Balaban J connectivity index is 3.37. The third-order valence-electron chi connectivity index (χ3n) is 5.04. The third kappa shape index (κ3) is 4.26. The van der Waals surface area contributed by atoms with Gasteiger partial charge in [-0.15, -0.1) is 0 Å². The van der Waals surface area contributed by atoms with E-state index in [1.165, 1.54) is 0 Å². The summed E-state index contributed by atoms with van der Waals surface area (Å²) in [5.41, 5.74) is -0.657. The van der Waals surface area contributed by atoms with Crippen molar-refractivity contribution in [2.24, 2.45) is 17.8 Å². The van der Waals surface area contributed by atoms with Crippen LogP contribution in [0.3, 0.4) is 0 Å². The van der Waals surface area contributed by atoms with Gasteiger partial charge in [0.2, 0.25) is 0 Å². The van der Waals surface area contributed by atoms with Crippen LogP contribution in [0.5, 0.6) is 0 Å². The van der Waals surface area contributed by atoms with Crippen LogP contribution < -0.4 is 0 Å². The SMILES string of the molecule is CCC(C)C(=O)C1C(=O)[C@@H](CC=C(C)C)[C@](O)(C(=O)CC=C(C)C)C1=O.